The molecule has 0 atom stereocenters. The summed E-state index contributed by atoms with van der Waals surface area (Å²) in [5.41, 5.74) is 12.1. The number of para-hydroxylation sites is 2. The average Bonchev–Trinajstić information content (AvgIpc) is 3.85. The van der Waals surface area contributed by atoms with Crippen LogP contribution >= 0.6 is 0 Å². The van der Waals surface area contributed by atoms with Gasteiger partial charge in [-0.3, -0.25) is 0 Å². The SMILES string of the molecule is C=CC.c1ccc(-c2nc(-c3ccccc3)nc(-c3cccc(-c4cccc(-n5c6cccc7ccc8c9c%10ccccc%10n(-c%10ccccc%10)c9cc5c8c76)c4)c3)n2)cc1. The van der Waals surface area contributed by atoms with E-state index in [0.717, 1.165) is 39.2 Å². The quantitative estimate of drug-likeness (QED) is 0.125. The standard InChI is InChI=1S/C53H33N5.C3H6/c1-4-15-35(16-5-1)51-54-52(36-17-6-2-7-18-36)56-53(55-51)39-22-12-20-37(31-39)38-21-13-25-41(32-38)58-45-28-14-19-34-29-30-43-49-42-26-10-11-27-44(42)57(40-23-8-3-9-24-40)46(49)33-47(58)50(43)48(34)45;1-3-2/h1-33H;3H,1H2,2H3. The Balaban J connectivity index is 0.00000136. The Labute approximate surface area is 353 Å². The van der Waals surface area contributed by atoms with Crippen LogP contribution in [0, 0.1) is 0 Å². The fourth-order valence-corrected chi connectivity index (χ4v) is 8.94. The second kappa shape index (κ2) is 14.9. The lowest BCUT2D eigenvalue weighted by Gasteiger charge is -2.12. The van der Waals surface area contributed by atoms with Crippen LogP contribution in [-0.2, 0) is 0 Å². The van der Waals surface area contributed by atoms with Gasteiger partial charge in [0.25, 0.3) is 0 Å². The van der Waals surface area contributed by atoms with Crippen molar-refractivity contribution in [1.29, 1.82) is 0 Å². The van der Waals surface area contributed by atoms with Crippen molar-refractivity contribution in [3.8, 4) is 56.7 Å². The van der Waals surface area contributed by atoms with Gasteiger partial charge in [0, 0.05) is 49.6 Å². The van der Waals surface area contributed by atoms with Crippen molar-refractivity contribution in [2.75, 3.05) is 0 Å². The molecule has 0 aliphatic rings. The summed E-state index contributed by atoms with van der Waals surface area (Å²) in [5, 5.41) is 7.64. The van der Waals surface area contributed by atoms with Gasteiger partial charge in [-0.2, -0.15) is 0 Å². The molecule has 0 saturated carbocycles. The van der Waals surface area contributed by atoms with Crippen LogP contribution in [0.5, 0.6) is 0 Å². The van der Waals surface area contributed by atoms with Gasteiger partial charge in [-0.25, -0.2) is 15.0 Å². The maximum Gasteiger partial charge on any atom is 0.164 e. The summed E-state index contributed by atoms with van der Waals surface area (Å²) in [6, 6.07) is 70.9. The fourth-order valence-electron chi connectivity index (χ4n) is 8.94. The van der Waals surface area contributed by atoms with E-state index in [2.05, 4.69) is 155 Å². The molecule has 61 heavy (non-hydrogen) atoms. The molecule has 0 aliphatic heterocycles. The fraction of sp³-hybridized carbons (Fsp3) is 0.0179. The Bertz CT molecular complexity index is 3490. The first kappa shape index (κ1) is 36.0. The molecule has 9 aromatic carbocycles. The van der Waals surface area contributed by atoms with Crippen LogP contribution in [0.4, 0.5) is 0 Å². The summed E-state index contributed by atoms with van der Waals surface area (Å²) in [5.74, 6) is 1.93. The molecule has 0 N–H and O–H groups in total. The van der Waals surface area contributed by atoms with Gasteiger partial charge in [-0.1, -0.05) is 158 Å². The minimum Gasteiger partial charge on any atom is -0.309 e. The van der Waals surface area contributed by atoms with Gasteiger partial charge in [-0.05, 0) is 77.4 Å². The van der Waals surface area contributed by atoms with Crippen molar-refractivity contribution in [3.05, 3.63) is 213 Å². The number of allylic oxidation sites excluding steroid dienone is 1. The van der Waals surface area contributed by atoms with E-state index in [9.17, 15) is 0 Å². The molecular weight excluding hydrogens is 743 g/mol. The van der Waals surface area contributed by atoms with Gasteiger partial charge >= 0.3 is 0 Å². The number of nitrogens with zero attached hydrogens (tertiary/aromatic N) is 5. The maximum atomic E-state index is 5.02. The minimum atomic E-state index is 0.636. The van der Waals surface area contributed by atoms with Gasteiger partial charge < -0.3 is 9.13 Å². The molecule has 5 nitrogen and oxygen atoms in total. The van der Waals surface area contributed by atoms with E-state index < -0.39 is 0 Å². The number of hydrogen-bond donors (Lipinski definition) is 0. The summed E-state index contributed by atoms with van der Waals surface area (Å²) >= 11 is 0. The van der Waals surface area contributed by atoms with E-state index >= 15 is 0 Å². The molecule has 0 spiro atoms. The predicted molar refractivity (Wildman–Crippen MR) is 255 cm³/mol. The molecule has 0 saturated heterocycles. The van der Waals surface area contributed by atoms with E-state index in [1.807, 2.05) is 67.6 Å². The third-order valence-electron chi connectivity index (χ3n) is 11.5. The Morgan fingerprint density at radius 1 is 0.361 bits per heavy atom. The third kappa shape index (κ3) is 6.06. The molecule has 0 fully saturated rings. The minimum absolute atomic E-state index is 0.636. The van der Waals surface area contributed by atoms with E-state index in [0.29, 0.717) is 17.5 Å². The molecule has 0 unspecified atom stereocenters. The second-order valence-corrected chi connectivity index (χ2v) is 15.3. The number of aromatic nitrogens is 5. The van der Waals surface area contributed by atoms with Crippen molar-refractivity contribution in [2.45, 2.75) is 6.92 Å². The van der Waals surface area contributed by atoms with E-state index in [1.54, 1.807) is 6.08 Å². The monoisotopic (exact) mass is 781 g/mol. The zero-order chi connectivity index (χ0) is 40.9. The largest absolute Gasteiger partial charge is 0.309 e. The summed E-state index contributed by atoms with van der Waals surface area (Å²) in [6.45, 7) is 5.25. The number of benzene rings is 9. The first-order valence-corrected chi connectivity index (χ1v) is 20.6. The Morgan fingerprint density at radius 3 is 1.56 bits per heavy atom. The van der Waals surface area contributed by atoms with Crippen LogP contribution in [0.25, 0.3) is 111 Å². The van der Waals surface area contributed by atoms with Crippen molar-refractivity contribution in [1.82, 2.24) is 24.1 Å². The second-order valence-electron chi connectivity index (χ2n) is 15.3. The van der Waals surface area contributed by atoms with Crippen LogP contribution in [0.2, 0.25) is 0 Å². The summed E-state index contributed by atoms with van der Waals surface area (Å²) in [6.07, 6.45) is 1.75. The van der Waals surface area contributed by atoms with Crippen molar-refractivity contribution < 1.29 is 0 Å². The van der Waals surface area contributed by atoms with Gasteiger partial charge in [0.1, 0.15) is 0 Å². The highest BCUT2D eigenvalue weighted by atomic mass is 15.0. The van der Waals surface area contributed by atoms with E-state index in [4.69, 9.17) is 15.0 Å². The maximum absolute atomic E-state index is 5.02. The highest BCUT2D eigenvalue weighted by molar-refractivity contribution is 6.33. The molecule has 5 heteroatoms. The van der Waals surface area contributed by atoms with Crippen molar-refractivity contribution >= 4 is 54.4 Å². The van der Waals surface area contributed by atoms with Crippen LogP contribution < -0.4 is 0 Å². The molecule has 3 aromatic heterocycles. The number of hydrogen-bond acceptors (Lipinski definition) is 3. The molecule has 3 heterocycles. The van der Waals surface area contributed by atoms with Gasteiger partial charge in [0.05, 0.1) is 22.1 Å². The van der Waals surface area contributed by atoms with Crippen LogP contribution in [0.1, 0.15) is 6.92 Å². The van der Waals surface area contributed by atoms with Crippen molar-refractivity contribution in [3.63, 3.8) is 0 Å². The Hall–Kier alpha value is -8.15. The smallest absolute Gasteiger partial charge is 0.164 e. The highest BCUT2D eigenvalue weighted by Gasteiger charge is 2.23. The highest BCUT2D eigenvalue weighted by Crippen LogP contribution is 2.45. The Morgan fingerprint density at radius 2 is 0.852 bits per heavy atom. The first-order chi connectivity index (χ1) is 30.2. The number of fused-ring (bicyclic) bond motifs is 4. The van der Waals surface area contributed by atoms with E-state index in [-0.39, 0.29) is 0 Å². The topological polar surface area (TPSA) is 48.5 Å². The molecule has 0 aliphatic carbocycles. The molecule has 12 rings (SSSR count). The van der Waals surface area contributed by atoms with Gasteiger partial charge in [0.15, 0.2) is 17.5 Å². The van der Waals surface area contributed by atoms with Crippen LogP contribution in [0.3, 0.4) is 0 Å². The lowest BCUT2D eigenvalue weighted by molar-refractivity contribution is 1.07. The molecule has 0 radical (unpaired) electrons. The lowest BCUT2D eigenvalue weighted by Crippen LogP contribution is -2.00. The van der Waals surface area contributed by atoms with Gasteiger partial charge in [-0.15, -0.1) is 6.58 Å². The summed E-state index contributed by atoms with van der Waals surface area (Å²) in [4.78, 5) is 14.9. The number of rotatable bonds is 6. The van der Waals surface area contributed by atoms with E-state index in [1.165, 1.54) is 54.4 Å². The third-order valence-corrected chi connectivity index (χ3v) is 11.5. The zero-order valence-corrected chi connectivity index (χ0v) is 33.6. The molecule has 0 bridgehead atoms. The molecule has 12 aromatic rings. The summed E-state index contributed by atoms with van der Waals surface area (Å²) in [7, 11) is 0. The predicted octanol–water partition coefficient (Wildman–Crippen LogP) is 14.5. The first-order valence-electron chi connectivity index (χ1n) is 20.6. The zero-order valence-electron chi connectivity index (χ0n) is 33.6. The van der Waals surface area contributed by atoms with Crippen LogP contribution in [-0.4, -0.2) is 24.1 Å². The van der Waals surface area contributed by atoms with Crippen molar-refractivity contribution in [2.24, 2.45) is 0 Å². The van der Waals surface area contributed by atoms with Crippen LogP contribution in [0.15, 0.2) is 213 Å². The normalized spacial score (nSPS) is 11.4. The Kier molecular flexibility index (Phi) is 8.79. The molecule has 288 valence electrons. The average molecular weight is 782 g/mol. The van der Waals surface area contributed by atoms with Gasteiger partial charge in [0.2, 0.25) is 0 Å². The lowest BCUT2D eigenvalue weighted by atomic mass is 9.98. The summed E-state index contributed by atoms with van der Waals surface area (Å²) < 4.78 is 4.87. The molecular formula is C56H39N5. The molecule has 0 amide bonds.